The third kappa shape index (κ3) is 6.22. The largest absolute Gasteiger partial charge is 0.496 e. The molecular weight excluding hydrogens is 504 g/mol. The first-order chi connectivity index (χ1) is 18.0. The fourth-order valence-electron chi connectivity index (χ4n) is 4.32. The summed E-state index contributed by atoms with van der Waals surface area (Å²) in [4.78, 5) is 13.3. The van der Waals surface area contributed by atoms with E-state index < -0.39 is 22.5 Å². The number of anilines is 1. The number of amides is 1. The summed E-state index contributed by atoms with van der Waals surface area (Å²) in [5.41, 5.74) is 3.32. The maximum atomic E-state index is 13.8. The molecule has 204 valence electrons. The number of hydrogen-bond donors (Lipinski definition) is 1. The predicted molar refractivity (Wildman–Crippen MR) is 149 cm³/mol. The molecule has 8 nitrogen and oxygen atoms in total. The molecule has 0 aliphatic heterocycles. The zero-order valence-electron chi connectivity index (χ0n) is 22.9. The molecular formula is C29H36N2O6S. The number of rotatable bonds is 11. The van der Waals surface area contributed by atoms with Crippen LogP contribution in [-0.2, 0) is 14.8 Å². The van der Waals surface area contributed by atoms with Gasteiger partial charge in [0, 0.05) is 6.07 Å². The van der Waals surface area contributed by atoms with E-state index in [1.54, 1.807) is 37.4 Å². The van der Waals surface area contributed by atoms with Gasteiger partial charge in [-0.2, -0.15) is 0 Å². The lowest BCUT2D eigenvalue weighted by molar-refractivity contribution is -0.120. The molecule has 9 heteroatoms. The van der Waals surface area contributed by atoms with Crippen molar-refractivity contribution >= 4 is 21.6 Å². The number of nitrogens with one attached hydrogen (secondary N) is 1. The van der Waals surface area contributed by atoms with Crippen LogP contribution in [0.1, 0.15) is 49.4 Å². The van der Waals surface area contributed by atoms with E-state index in [1.165, 1.54) is 32.4 Å². The van der Waals surface area contributed by atoms with Crippen LogP contribution in [0.5, 0.6) is 17.2 Å². The van der Waals surface area contributed by atoms with Gasteiger partial charge in [-0.3, -0.25) is 9.10 Å². The average molecular weight is 541 g/mol. The molecule has 3 aromatic rings. The van der Waals surface area contributed by atoms with Crippen molar-refractivity contribution < 1.29 is 27.4 Å². The van der Waals surface area contributed by atoms with E-state index in [0.29, 0.717) is 11.4 Å². The van der Waals surface area contributed by atoms with Crippen molar-refractivity contribution in [1.82, 2.24) is 5.32 Å². The van der Waals surface area contributed by atoms with E-state index in [-0.39, 0.29) is 22.6 Å². The molecule has 0 fully saturated rings. The predicted octanol–water partition coefficient (Wildman–Crippen LogP) is 5.22. The standard InChI is InChI=1S/C29H36N2O6S/c1-19(2)24-17-25(20(3)15-27(24)36-6)21(4)30-29(32)18-31(22-11-9-8-10-12-22)38(33,34)23-13-14-26(35-5)28(16-23)37-7/h8-17,19,21H,18H2,1-7H3,(H,30,32)/t21-/m1/s1. The summed E-state index contributed by atoms with van der Waals surface area (Å²) >= 11 is 0. The maximum Gasteiger partial charge on any atom is 0.264 e. The van der Waals surface area contributed by atoms with Crippen molar-refractivity contribution in [3.05, 3.63) is 77.4 Å². The first kappa shape index (κ1) is 28.8. The number of ether oxygens (including phenoxy) is 3. The Morgan fingerprint density at radius 2 is 1.47 bits per heavy atom. The molecule has 0 heterocycles. The fraction of sp³-hybridized carbons (Fsp3) is 0.345. The smallest absolute Gasteiger partial charge is 0.264 e. The highest BCUT2D eigenvalue weighted by atomic mass is 32.2. The minimum absolute atomic E-state index is 0.0209. The lowest BCUT2D eigenvalue weighted by atomic mass is 9.93. The Morgan fingerprint density at radius 3 is 2.05 bits per heavy atom. The van der Waals surface area contributed by atoms with Gasteiger partial charge in [-0.15, -0.1) is 0 Å². The topological polar surface area (TPSA) is 94.2 Å². The summed E-state index contributed by atoms with van der Waals surface area (Å²) in [5, 5.41) is 2.97. The molecule has 0 spiro atoms. The second-order valence-electron chi connectivity index (χ2n) is 9.26. The van der Waals surface area contributed by atoms with Crippen LogP contribution in [0.25, 0.3) is 0 Å². The number of benzene rings is 3. The lowest BCUT2D eigenvalue weighted by Gasteiger charge is -2.26. The van der Waals surface area contributed by atoms with E-state index >= 15 is 0 Å². The van der Waals surface area contributed by atoms with Crippen LogP contribution in [0.15, 0.2) is 65.6 Å². The Balaban J connectivity index is 1.93. The average Bonchev–Trinajstić information content (AvgIpc) is 2.91. The summed E-state index contributed by atoms with van der Waals surface area (Å²) < 4.78 is 44.7. The van der Waals surface area contributed by atoms with Crippen LogP contribution in [0.3, 0.4) is 0 Å². The van der Waals surface area contributed by atoms with E-state index in [1.807, 2.05) is 26.0 Å². The molecule has 3 aromatic carbocycles. The maximum absolute atomic E-state index is 13.8. The van der Waals surface area contributed by atoms with Crippen molar-refractivity contribution in [2.75, 3.05) is 32.2 Å². The zero-order chi connectivity index (χ0) is 28.0. The zero-order valence-corrected chi connectivity index (χ0v) is 23.8. The Bertz CT molecular complexity index is 1370. The number of hydrogen-bond acceptors (Lipinski definition) is 6. The Hall–Kier alpha value is -3.72. The second-order valence-corrected chi connectivity index (χ2v) is 11.1. The monoisotopic (exact) mass is 540 g/mol. The summed E-state index contributed by atoms with van der Waals surface area (Å²) in [6.45, 7) is 7.60. The van der Waals surface area contributed by atoms with Crippen LogP contribution >= 0.6 is 0 Å². The van der Waals surface area contributed by atoms with Gasteiger partial charge in [-0.25, -0.2) is 8.42 Å². The Morgan fingerprint density at radius 1 is 0.842 bits per heavy atom. The van der Waals surface area contributed by atoms with Gasteiger partial charge in [0.05, 0.1) is 38.0 Å². The summed E-state index contributed by atoms with van der Waals surface area (Å²) in [7, 11) is 0.429. The molecule has 0 aliphatic carbocycles. The molecule has 0 aromatic heterocycles. The van der Waals surface area contributed by atoms with Crippen LogP contribution in [0.2, 0.25) is 0 Å². The van der Waals surface area contributed by atoms with Gasteiger partial charge in [0.1, 0.15) is 12.3 Å². The van der Waals surface area contributed by atoms with E-state index in [9.17, 15) is 13.2 Å². The minimum atomic E-state index is -4.12. The highest BCUT2D eigenvalue weighted by molar-refractivity contribution is 7.92. The number of nitrogens with zero attached hydrogens (tertiary/aromatic N) is 1. The molecule has 0 radical (unpaired) electrons. The normalized spacial score (nSPS) is 12.1. The van der Waals surface area contributed by atoms with Gasteiger partial charge in [-0.1, -0.05) is 32.0 Å². The molecule has 0 aliphatic rings. The number of sulfonamides is 1. The fourth-order valence-corrected chi connectivity index (χ4v) is 5.76. The van der Waals surface area contributed by atoms with Gasteiger partial charge < -0.3 is 19.5 Å². The summed E-state index contributed by atoms with van der Waals surface area (Å²) in [6.07, 6.45) is 0. The Labute approximate surface area is 225 Å². The molecule has 0 bridgehead atoms. The third-order valence-corrected chi connectivity index (χ3v) is 8.13. The van der Waals surface area contributed by atoms with Gasteiger partial charge in [0.15, 0.2) is 11.5 Å². The van der Waals surface area contributed by atoms with Crippen molar-refractivity contribution in [2.45, 2.75) is 44.6 Å². The molecule has 0 saturated heterocycles. The quantitative estimate of drug-likeness (QED) is 0.359. The third-order valence-electron chi connectivity index (χ3n) is 6.36. The van der Waals surface area contributed by atoms with Crippen molar-refractivity contribution in [3.63, 3.8) is 0 Å². The molecule has 0 saturated carbocycles. The molecule has 1 amide bonds. The Kier molecular flexibility index (Phi) is 9.27. The number of methoxy groups -OCH3 is 3. The van der Waals surface area contributed by atoms with Gasteiger partial charge >= 0.3 is 0 Å². The lowest BCUT2D eigenvalue weighted by Crippen LogP contribution is -2.41. The number of carbonyl (C=O) groups is 1. The van der Waals surface area contributed by atoms with E-state index in [2.05, 4.69) is 19.2 Å². The van der Waals surface area contributed by atoms with Gasteiger partial charge in [-0.05, 0) is 72.9 Å². The summed E-state index contributed by atoms with van der Waals surface area (Å²) in [6, 6.07) is 16.5. The first-order valence-electron chi connectivity index (χ1n) is 12.3. The second kappa shape index (κ2) is 12.2. The van der Waals surface area contributed by atoms with Crippen LogP contribution < -0.4 is 23.8 Å². The van der Waals surface area contributed by atoms with E-state index in [0.717, 1.165) is 26.7 Å². The van der Waals surface area contributed by atoms with Crippen LogP contribution in [0, 0.1) is 6.92 Å². The van der Waals surface area contributed by atoms with Crippen LogP contribution in [0.4, 0.5) is 5.69 Å². The van der Waals surface area contributed by atoms with Gasteiger partial charge in [0.2, 0.25) is 5.91 Å². The van der Waals surface area contributed by atoms with Crippen LogP contribution in [-0.4, -0.2) is 42.2 Å². The highest BCUT2D eigenvalue weighted by Crippen LogP contribution is 2.33. The molecule has 1 N–H and O–H groups in total. The molecule has 0 unspecified atom stereocenters. The van der Waals surface area contributed by atoms with Crippen molar-refractivity contribution in [1.29, 1.82) is 0 Å². The molecule has 1 atom stereocenters. The van der Waals surface area contributed by atoms with E-state index in [4.69, 9.17) is 14.2 Å². The minimum Gasteiger partial charge on any atom is -0.496 e. The SMILES string of the molecule is COc1ccc(S(=O)(=O)N(CC(=O)N[C@H](C)c2cc(C(C)C)c(OC)cc2C)c2ccccc2)cc1OC. The highest BCUT2D eigenvalue weighted by Gasteiger charge is 2.29. The van der Waals surface area contributed by atoms with Gasteiger partial charge in [0.25, 0.3) is 10.0 Å². The van der Waals surface area contributed by atoms with Crippen molar-refractivity contribution in [2.24, 2.45) is 0 Å². The summed E-state index contributed by atoms with van der Waals surface area (Å²) in [5.74, 6) is 1.27. The number of aryl methyl sites for hydroxylation is 1. The number of para-hydroxylation sites is 1. The first-order valence-corrected chi connectivity index (χ1v) is 13.7. The molecule has 3 rings (SSSR count). The number of carbonyl (C=O) groups excluding carboxylic acids is 1. The molecule has 38 heavy (non-hydrogen) atoms. The van der Waals surface area contributed by atoms with Crippen molar-refractivity contribution in [3.8, 4) is 17.2 Å².